The smallest absolute Gasteiger partial charge is 0.325 e. The Morgan fingerprint density at radius 3 is 1.88 bits per heavy atom. The zero-order chi connectivity index (χ0) is 12.3. The van der Waals surface area contributed by atoms with Gasteiger partial charge in [-0.25, -0.2) is 0 Å². The van der Waals surface area contributed by atoms with E-state index in [1.165, 1.54) is 5.56 Å². The fourth-order valence-corrected chi connectivity index (χ4v) is 1.72. The summed E-state index contributed by atoms with van der Waals surface area (Å²) in [6.07, 6.45) is 0. The van der Waals surface area contributed by atoms with Gasteiger partial charge in [-0.15, -0.1) is 0 Å². The number of carboxylic acids is 1. The van der Waals surface area contributed by atoms with E-state index in [9.17, 15) is 4.79 Å². The van der Waals surface area contributed by atoms with E-state index in [1.54, 1.807) is 19.0 Å². The van der Waals surface area contributed by atoms with Gasteiger partial charge in [0.25, 0.3) is 0 Å². The molecular weight excluding hydrogens is 202 g/mol. The van der Waals surface area contributed by atoms with Crippen LogP contribution in [-0.2, 0) is 4.79 Å². The molecule has 1 unspecified atom stereocenters. The highest BCUT2D eigenvalue weighted by molar-refractivity contribution is 5.75. The lowest BCUT2D eigenvalue weighted by molar-refractivity contribution is -0.142. The lowest BCUT2D eigenvalue weighted by Crippen LogP contribution is -2.27. The number of hydrogen-bond acceptors (Lipinski definition) is 2. The Hall–Kier alpha value is -1.35. The second kappa shape index (κ2) is 5.12. The molecule has 0 radical (unpaired) electrons. The molecule has 3 heteroatoms. The molecule has 0 aliphatic heterocycles. The summed E-state index contributed by atoms with van der Waals surface area (Å²) in [5.74, 6) is -0.348. The van der Waals surface area contributed by atoms with Crippen LogP contribution in [0.1, 0.15) is 36.9 Å². The van der Waals surface area contributed by atoms with Gasteiger partial charge in [0.05, 0.1) is 0 Å². The Labute approximate surface area is 96.7 Å². The summed E-state index contributed by atoms with van der Waals surface area (Å²) in [4.78, 5) is 12.8. The van der Waals surface area contributed by atoms with Gasteiger partial charge >= 0.3 is 5.97 Å². The van der Waals surface area contributed by atoms with E-state index in [2.05, 4.69) is 13.8 Å². The minimum Gasteiger partial charge on any atom is -0.480 e. The van der Waals surface area contributed by atoms with Crippen LogP contribution in [-0.4, -0.2) is 30.1 Å². The summed E-state index contributed by atoms with van der Waals surface area (Å²) in [5.41, 5.74) is 2.05. The minimum absolute atomic E-state index is 0.469. The molecule has 0 aromatic heterocycles. The van der Waals surface area contributed by atoms with Crippen LogP contribution in [0.4, 0.5) is 0 Å². The fourth-order valence-electron chi connectivity index (χ4n) is 1.72. The highest BCUT2D eigenvalue weighted by atomic mass is 16.4. The molecule has 16 heavy (non-hydrogen) atoms. The van der Waals surface area contributed by atoms with Crippen LogP contribution in [0.2, 0.25) is 0 Å². The second-order valence-electron chi connectivity index (χ2n) is 4.53. The summed E-state index contributed by atoms with van der Waals surface area (Å²) < 4.78 is 0. The van der Waals surface area contributed by atoms with Gasteiger partial charge < -0.3 is 5.11 Å². The minimum atomic E-state index is -0.817. The third-order valence-corrected chi connectivity index (χ3v) is 2.67. The van der Waals surface area contributed by atoms with Gasteiger partial charge in [0.15, 0.2) is 0 Å². The highest BCUT2D eigenvalue weighted by Gasteiger charge is 2.21. The van der Waals surface area contributed by atoms with Crippen LogP contribution < -0.4 is 0 Å². The molecule has 0 aliphatic rings. The Bertz CT molecular complexity index is 355. The van der Waals surface area contributed by atoms with E-state index < -0.39 is 12.0 Å². The molecule has 0 aliphatic carbocycles. The normalized spacial score (nSPS) is 13.1. The van der Waals surface area contributed by atoms with Crippen LogP contribution in [0, 0.1) is 0 Å². The maximum atomic E-state index is 11.1. The largest absolute Gasteiger partial charge is 0.480 e. The quantitative estimate of drug-likeness (QED) is 0.849. The predicted molar refractivity (Wildman–Crippen MR) is 64.6 cm³/mol. The molecule has 1 aromatic carbocycles. The number of hydrogen-bond donors (Lipinski definition) is 1. The average Bonchev–Trinajstić information content (AvgIpc) is 2.17. The van der Waals surface area contributed by atoms with Gasteiger partial charge in [-0.05, 0) is 31.1 Å². The predicted octanol–water partition coefficient (Wildman–Crippen LogP) is 2.50. The molecule has 88 valence electrons. The van der Waals surface area contributed by atoms with E-state index in [1.807, 2.05) is 24.3 Å². The van der Waals surface area contributed by atoms with Gasteiger partial charge in [-0.3, -0.25) is 9.69 Å². The number of nitrogens with zero attached hydrogens (tertiary/aromatic N) is 1. The second-order valence-corrected chi connectivity index (χ2v) is 4.53. The molecule has 3 nitrogen and oxygen atoms in total. The topological polar surface area (TPSA) is 40.5 Å². The number of aliphatic carboxylic acids is 1. The van der Waals surface area contributed by atoms with Crippen molar-refractivity contribution in [2.24, 2.45) is 0 Å². The van der Waals surface area contributed by atoms with E-state index in [4.69, 9.17) is 5.11 Å². The Kier molecular flexibility index (Phi) is 4.07. The zero-order valence-electron chi connectivity index (χ0n) is 10.3. The lowest BCUT2D eigenvalue weighted by Gasteiger charge is -2.20. The van der Waals surface area contributed by atoms with Crippen molar-refractivity contribution in [1.82, 2.24) is 4.90 Å². The maximum Gasteiger partial charge on any atom is 0.325 e. The molecule has 0 fully saturated rings. The summed E-state index contributed by atoms with van der Waals surface area (Å²) in [7, 11) is 3.55. The summed E-state index contributed by atoms with van der Waals surface area (Å²) in [6, 6.07) is 7.22. The van der Waals surface area contributed by atoms with Crippen molar-refractivity contribution in [1.29, 1.82) is 0 Å². The zero-order valence-corrected chi connectivity index (χ0v) is 10.3. The summed E-state index contributed by atoms with van der Waals surface area (Å²) in [5, 5.41) is 9.13. The number of benzene rings is 1. The third kappa shape index (κ3) is 2.83. The molecule has 1 atom stereocenters. The molecular formula is C13H19NO2. The molecule has 1 N–H and O–H groups in total. The molecule has 0 saturated heterocycles. The van der Waals surface area contributed by atoms with Crippen molar-refractivity contribution in [2.45, 2.75) is 25.8 Å². The third-order valence-electron chi connectivity index (χ3n) is 2.67. The Morgan fingerprint density at radius 1 is 1.12 bits per heavy atom. The summed E-state index contributed by atoms with van der Waals surface area (Å²) >= 11 is 0. The first-order valence-electron chi connectivity index (χ1n) is 5.42. The number of carbonyl (C=O) groups is 1. The van der Waals surface area contributed by atoms with Crippen LogP contribution >= 0.6 is 0 Å². The highest BCUT2D eigenvalue weighted by Crippen LogP contribution is 2.21. The molecule has 0 bridgehead atoms. The standard InChI is InChI=1S/C13H19NO2/c1-9(2)10-5-7-11(8-6-10)12(13(15)16)14(3)4/h5-9,12H,1-4H3,(H,15,16). The first-order valence-corrected chi connectivity index (χ1v) is 5.42. The fraction of sp³-hybridized carbons (Fsp3) is 0.462. The molecule has 0 saturated carbocycles. The number of rotatable bonds is 4. The first-order chi connectivity index (χ1) is 7.43. The molecule has 0 heterocycles. The van der Waals surface area contributed by atoms with Crippen molar-refractivity contribution in [3.05, 3.63) is 35.4 Å². The van der Waals surface area contributed by atoms with E-state index in [0.29, 0.717) is 5.92 Å². The van der Waals surface area contributed by atoms with Crippen molar-refractivity contribution >= 4 is 5.97 Å². The Balaban J connectivity index is 2.99. The molecule has 1 aromatic rings. The van der Waals surface area contributed by atoms with Gasteiger partial charge in [0.1, 0.15) is 6.04 Å². The van der Waals surface area contributed by atoms with E-state index >= 15 is 0 Å². The average molecular weight is 221 g/mol. The SMILES string of the molecule is CC(C)c1ccc(C(C(=O)O)N(C)C)cc1. The van der Waals surface area contributed by atoms with Gasteiger partial charge in [-0.2, -0.15) is 0 Å². The number of likely N-dealkylation sites (N-methyl/N-ethyl adjacent to an activating group) is 1. The van der Waals surface area contributed by atoms with Crippen LogP contribution in [0.5, 0.6) is 0 Å². The monoisotopic (exact) mass is 221 g/mol. The molecule has 0 spiro atoms. The van der Waals surface area contributed by atoms with Crippen LogP contribution in [0.15, 0.2) is 24.3 Å². The maximum absolute atomic E-state index is 11.1. The van der Waals surface area contributed by atoms with E-state index in [0.717, 1.165) is 5.56 Å². The van der Waals surface area contributed by atoms with Gasteiger partial charge in [0.2, 0.25) is 0 Å². The molecule has 0 amide bonds. The van der Waals surface area contributed by atoms with Crippen molar-refractivity contribution in [2.75, 3.05) is 14.1 Å². The lowest BCUT2D eigenvalue weighted by atomic mass is 9.99. The van der Waals surface area contributed by atoms with Crippen molar-refractivity contribution in [3.8, 4) is 0 Å². The number of carboxylic acid groups (broad SMARTS) is 1. The Morgan fingerprint density at radius 2 is 1.56 bits per heavy atom. The van der Waals surface area contributed by atoms with Gasteiger partial charge in [-0.1, -0.05) is 38.1 Å². The first kappa shape index (κ1) is 12.7. The summed E-state index contributed by atoms with van der Waals surface area (Å²) in [6.45, 7) is 4.24. The molecule has 1 rings (SSSR count). The van der Waals surface area contributed by atoms with Crippen molar-refractivity contribution in [3.63, 3.8) is 0 Å². The van der Waals surface area contributed by atoms with Gasteiger partial charge in [0, 0.05) is 0 Å². The van der Waals surface area contributed by atoms with E-state index in [-0.39, 0.29) is 0 Å². The van der Waals surface area contributed by atoms with Crippen LogP contribution in [0.3, 0.4) is 0 Å². The van der Waals surface area contributed by atoms with Crippen molar-refractivity contribution < 1.29 is 9.90 Å². The van der Waals surface area contributed by atoms with Crippen LogP contribution in [0.25, 0.3) is 0 Å².